The molecule has 2 amide bonds. The Labute approximate surface area is 235 Å². The molecule has 1 aliphatic rings. The summed E-state index contributed by atoms with van der Waals surface area (Å²) in [5, 5.41) is 16.8. The van der Waals surface area contributed by atoms with Crippen LogP contribution in [-0.2, 0) is 21.5 Å². The topological polar surface area (TPSA) is 125 Å². The van der Waals surface area contributed by atoms with E-state index in [0.29, 0.717) is 36.8 Å². The number of piperidine rings is 1. The van der Waals surface area contributed by atoms with Crippen LogP contribution in [0, 0.1) is 6.92 Å². The number of likely N-dealkylation sites (tertiary alicyclic amines) is 1. The van der Waals surface area contributed by atoms with E-state index in [1.807, 2.05) is 42.5 Å². The number of hydrogen-bond acceptors (Lipinski definition) is 8. The minimum Gasteiger partial charge on any atom is -0.502 e. The van der Waals surface area contributed by atoms with E-state index in [9.17, 15) is 19.5 Å². The summed E-state index contributed by atoms with van der Waals surface area (Å²) >= 11 is 1.40. The molecule has 1 fully saturated rings. The molecule has 3 N–H and O–H groups in total. The molecular weight excluding hydrogens is 528 g/mol. The van der Waals surface area contributed by atoms with Crippen LogP contribution < -0.4 is 16.1 Å². The molecule has 40 heavy (non-hydrogen) atoms. The first-order valence-electron chi connectivity index (χ1n) is 13.3. The summed E-state index contributed by atoms with van der Waals surface area (Å²) in [6, 6.07) is 19.0. The number of aryl methyl sites for hydroxylation is 1. The van der Waals surface area contributed by atoms with E-state index in [0.717, 1.165) is 16.8 Å². The maximum Gasteiger partial charge on any atom is 0.227 e. The molecule has 1 aliphatic heterocycles. The fourth-order valence-corrected chi connectivity index (χ4v) is 6.10. The molecule has 10 heteroatoms. The van der Waals surface area contributed by atoms with Crippen molar-refractivity contribution in [3.63, 3.8) is 0 Å². The Balaban J connectivity index is 1.22. The van der Waals surface area contributed by atoms with E-state index >= 15 is 0 Å². The summed E-state index contributed by atoms with van der Waals surface area (Å²) in [4.78, 5) is 44.7. The van der Waals surface area contributed by atoms with Gasteiger partial charge in [-0.15, -0.1) is 0 Å². The van der Waals surface area contributed by atoms with Gasteiger partial charge < -0.3 is 20.2 Å². The highest BCUT2D eigenvalue weighted by molar-refractivity contribution is 7.22. The van der Waals surface area contributed by atoms with Crippen molar-refractivity contribution in [2.75, 3.05) is 25.0 Å². The molecule has 5 rings (SSSR count). The van der Waals surface area contributed by atoms with E-state index in [1.54, 1.807) is 6.92 Å². The first-order valence-corrected chi connectivity index (χ1v) is 14.2. The monoisotopic (exact) mass is 560 g/mol. The SMILES string of the molecule is Cc1cc(=O)c(O)c(C2(CC(=O)NCCC(=O)Nc3nc4ccccc4s3)CCN(Cc3ccccc3)CC2)o1. The zero-order valence-corrected chi connectivity index (χ0v) is 23.1. The molecular formula is C30H32N4O5S. The Bertz CT molecular complexity index is 1520. The number of carbonyl (C=O) groups is 2. The molecule has 0 aliphatic carbocycles. The molecule has 0 atom stereocenters. The zero-order valence-electron chi connectivity index (χ0n) is 22.3. The molecule has 208 valence electrons. The summed E-state index contributed by atoms with van der Waals surface area (Å²) in [6.45, 7) is 3.92. The van der Waals surface area contributed by atoms with E-state index in [-0.39, 0.29) is 37.0 Å². The first-order chi connectivity index (χ1) is 19.3. The quantitative estimate of drug-likeness (QED) is 0.278. The number of hydrogen-bond donors (Lipinski definition) is 3. The van der Waals surface area contributed by atoms with Crippen LogP contribution in [0.1, 0.15) is 42.8 Å². The Hall–Kier alpha value is -4.02. The zero-order chi connectivity index (χ0) is 28.1. The van der Waals surface area contributed by atoms with Gasteiger partial charge in [-0.3, -0.25) is 19.3 Å². The standard InChI is InChI=1S/C30H32N4O5S/c1-20-17-23(35)27(38)28(39-20)30(12-15-34(16-13-30)19-21-7-3-2-4-8-21)18-26(37)31-14-11-25(36)33-29-32-22-9-5-6-10-24(22)40-29/h2-10,17,38H,11-16,18-19H2,1H3,(H,31,37)(H,32,33,36). The third kappa shape index (κ3) is 6.40. The lowest BCUT2D eigenvalue weighted by molar-refractivity contribution is -0.123. The molecule has 0 saturated carbocycles. The van der Waals surface area contributed by atoms with Crippen molar-refractivity contribution >= 4 is 38.5 Å². The van der Waals surface area contributed by atoms with Crippen molar-refractivity contribution in [3.05, 3.63) is 88.0 Å². The number of anilines is 1. The second-order valence-electron chi connectivity index (χ2n) is 10.3. The second-order valence-corrected chi connectivity index (χ2v) is 11.3. The van der Waals surface area contributed by atoms with Gasteiger partial charge in [-0.1, -0.05) is 53.8 Å². The van der Waals surface area contributed by atoms with Crippen LogP contribution in [0.15, 0.2) is 69.9 Å². The van der Waals surface area contributed by atoms with Gasteiger partial charge in [-0.05, 0) is 50.6 Å². The average molecular weight is 561 g/mol. The number of thiazole rings is 1. The number of nitrogens with zero attached hydrogens (tertiary/aromatic N) is 2. The van der Waals surface area contributed by atoms with Gasteiger partial charge in [0, 0.05) is 37.4 Å². The Morgan fingerprint density at radius 3 is 2.55 bits per heavy atom. The van der Waals surface area contributed by atoms with Gasteiger partial charge in [-0.2, -0.15) is 0 Å². The van der Waals surface area contributed by atoms with Crippen LogP contribution >= 0.6 is 11.3 Å². The van der Waals surface area contributed by atoms with Crippen LogP contribution in [0.5, 0.6) is 5.75 Å². The second kappa shape index (κ2) is 12.0. The van der Waals surface area contributed by atoms with Gasteiger partial charge in [0.2, 0.25) is 23.0 Å². The van der Waals surface area contributed by atoms with Crippen molar-refractivity contribution in [2.24, 2.45) is 0 Å². The highest BCUT2D eigenvalue weighted by Crippen LogP contribution is 2.42. The van der Waals surface area contributed by atoms with E-state index < -0.39 is 16.6 Å². The number of nitrogens with one attached hydrogen (secondary N) is 2. The predicted octanol–water partition coefficient (Wildman–Crippen LogP) is 4.33. The molecule has 4 aromatic rings. The summed E-state index contributed by atoms with van der Waals surface area (Å²) < 4.78 is 6.89. The third-order valence-corrected chi connectivity index (χ3v) is 8.25. The highest BCUT2D eigenvalue weighted by Gasteiger charge is 2.43. The molecule has 0 bridgehead atoms. The van der Waals surface area contributed by atoms with Gasteiger partial charge in [0.25, 0.3) is 0 Å². The maximum atomic E-state index is 13.1. The molecule has 0 radical (unpaired) electrons. The molecule has 0 unspecified atom stereocenters. The number of fused-ring (bicyclic) bond motifs is 1. The normalized spacial score (nSPS) is 15.1. The Kier molecular flexibility index (Phi) is 8.27. The summed E-state index contributed by atoms with van der Waals surface area (Å²) in [5.41, 5.74) is 0.663. The predicted molar refractivity (Wildman–Crippen MR) is 155 cm³/mol. The highest BCUT2D eigenvalue weighted by atomic mass is 32.1. The summed E-state index contributed by atoms with van der Waals surface area (Å²) in [6.07, 6.45) is 1.19. The lowest BCUT2D eigenvalue weighted by Gasteiger charge is -2.41. The number of rotatable bonds is 9. The van der Waals surface area contributed by atoms with Crippen molar-refractivity contribution in [1.82, 2.24) is 15.2 Å². The van der Waals surface area contributed by atoms with Crippen LogP contribution in [-0.4, -0.2) is 46.4 Å². The number of amides is 2. The lowest BCUT2D eigenvalue weighted by atomic mass is 9.72. The number of carbonyl (C=O) groups excluding carboxylic acids is 2. The first kappa shape index (κ1) is 27.5. The molecule has 0 spiro atoms. The lowest BCUT2D eigenvalue weighted by Crippen LogP contribution is -2.45. The van der Waals surface area contributed by atoms with E-state index in [2.05, 4.69) is 32.7 Å². The molecule has 1 saturated heterocycles. The molecule has 3 heterocycles. The smallest absolute Gasteiger partial charge is 0.227 e. The average Bonchev–Trinajstić information content (AvgIpc) is 3.34. The van der Waals surface area contributed by atoms with E-state index in [1.165, 1.54) is 23.0 Å². The third-order valence-electron chi connectivity index (χ3n) is 7.30. The van der Waals surface area contributed by atoms with Crippen molar-refractivity contribution in [1.29, 1.82) is 0 Å². The van der Waals surface area contributed by atoms with Crippen LogP contribution in [0.3, 0.4) is 0 Å². The summed E-state index contributed by atoms with van der Waals surface area (Å²) in [5.74, 6) is -0.403. The summed E-state index contributed by atoms with van der Waals surface area (Å²) in [7, 11) is 0. The fourth-order valence-electron chi connectivity index (χ4n) is 5.22. The fraction of sp³-hybridized carbons (Fsp3) is 0.333. The minimum absolute atomic E-state index is 0.0334. The van der Waals surface area contributed by atoms with Gasteiger partial charge >= 0.3 is 0 Å². The van der Waals surface area contributed by atoms with Crippen LogP contribution in [0.2, 0.25) is 0 Å². The number of para-hydroxylation sites is 1. The van der Waals surface area contributed by atoms with Crippen LogP contribution in [0.4, 0.5) is 5.13 Å². The van der Waals surface area contributed by atoms with Gasteiger partial charge in [-0.25, -0.2) is 4.98 Å². The number of aromatic hydroxyl groups is 1. The minimum atomic E-state index is -0.838. The largest absolute Gasteiger partial charge is 0.502 e. The van der Waals surface area contributed by atoms with Gasteiger partial charge in [0.15, 0.2) is 10.9 Å². The van der Waals surface area contributed by atoms with Gasteiger partial charge in [0.05, 0.1) is 10.2 Å². The maximum absolute atomic E-state index is 13.1. The number of benzene rings is 2. The van der Waals surface area contributed by atoms with E-state index in [4.69, 9.17) is 4.42 Å². The van der Waals surface area contributed by atoms with Crippen molar-refractivity contribution in [3.8, 4) is 5.75 Å². The molecule has 2 aromatic heterocycles. The number of aromatic nitrogens is 1. The Morgan fingerprint density at radius 1 is 1.07 bits per heavy atom. The Morgan fingerprint density at radius 2 is 1.80 bits per heavy atom. The molecule has 9 nitrogen and oxygen atoms in total. The van der Waals surface area contributed by atoms with Crippen LogP contribution in [0.25, 0.3) is 10.2 Å². The van der Waals surface area contributed by atoms with Gasteiger partial charge in [0.1, 0.15) is 5.76 Å². The van der Waals surface area contributed by atoms with Crippen molar-refractivity contribution in [2.45, 2.75) is 44.6 Å². The molecule has 2 aromatic carbocycles. The van der Waals surface area contributed by atoms with Crippen molar-refractivity contribution < 1.29 is 19.1 Å².